The van der Waals surface area contributed by atoms with Crippen LogP contribution in [0.25, 0.3) is 0 Å². The van der Waals surface area contributed by atoms with Gasteiger partial charge in [-0.2, -0.15) is 0 Å². The lowest BCUT2D eigenvalue weighted by atomic mass is 9.99. The summed E-state index contributed by atoms with van der Waals surface area (Å²) in [6.07, 6.45) is 12.4. The third kappa shape index (κ3) is 3.22. The third-order valence-electron chi connectivity index (χ3n) is 3.93. The normalized spacial score (nSPS) is 25.1. The van der Waals surface area contributed by atoms with Gasteiger partial charge in [0.2, 0.25) is 5.91 Å². The zero-order valence-corrected chi connectivity index (χ0v) is 9.63. The van der Waals surface area contributed by atoms with Crippen molar-refractivity contribution >= 4 is 5.91 Å². The fraction of sp³-hybridized carbons (Fsp3) is 0.923. The Bertz CT molecular complexity index is 201. The van der Waals surface area contributed by atoms with Gasteiger partial charge in [-0.15, -0.1) is 0 Å². The molecular formula is C13H23NO. The van der Waals surface area contributed by atoms with Crippen molar-refractivity contribution in [1.82, 2.24) is 5.32 Å². The molecule has 0 saturated heterocycles. The highest BCUT2D eigenvalue weighted by molar-refractivity contribution is 5.78. The Morgan fingerprint density at radius 1 is 0.800 bits per heavy atom. The number of rotatable bonds is 2. The molecule has 2 fully saturated rings. The number of hydrogen-bond donors (Lipinski definition) is 1. The van der Waals surface area contributed by atoms with Crippen LogP contribution in [0.5, 0.6) is 0 Å². The van der Waals surface area contributed by atoms with Crippen molar-refractivity contribution in [3.05, 3.63) is 0 Å². The fourth-order valence-corrected chi connectivity index (χ4v) is 2.93. The third-order valence-corrected chi connectivity index (χ3v) is 3.93. The van der Waals surface area contributed by atoms with Gasteiger partial charge in [0.25, 0.3) is 0 Å². The van der Waals surface area contributed by atoms with Gasteiger partial charge in [0, 0.05) is 12.0 Å². The second-order valence-corrected chi connectivity index (χ2v) is 5.18. The van der Waals surface area contributed by atoms with Gasteiger partial charge in [0.05, 0.1) is 0 Å². The number of amides is 1. The largest absolute Gasteiger partial charge is 0.353 e. The molecule has 0 heterocycles. The lowest BCUT2D eigenvalue weighted by molar-refractivity contribution is -0.126. The molecule has 0 bridgehead atoms. The molecule has 15 heavy (non-hydrogen) atoms. The first-order chi connectivity index (χ1) is 7.36. The van der Waals surface area contributed by atoms with Crippen LogP contribution < -0.4 is 5.32 Å². The van der Waals surface area contributed by atoms with Gasteiger partial charge in [0.15, 0.2) is 0 Å². The van der Waals surface area contributed by atoms with E-state index in [1.165, 1.54) is 51.4 Å². The summed E-state index contributed by atoms with van der Waals surface area (Å²) in [4.78, 5) is 12.0. The molecule has 2 aliphatic carbocycles. The van der Waals surface area contributed by atoms with Crippen LogP contribution >= 0.6 is 0 Å². The first kappa shape index (κ1) is 11.0. The minimum absolute atomic E-state index is 0.327. The molecule has 86 valence electrons. The molecule has 2 aliphatic rings. The zero-order valence-electron chi connectivity index (χ0n) is 9.63. The van der Waals surface area contributed by atoms with Crippen molar-refractivity contribution in [3.63, 3.8) is 0 Å². The molecule has 0 atom stereocenters. The smallest absolute Gasteiger partial charge is 0.223 e. The zero-order chi connectivity index (χ0) is 10.5. The minimum atomic E-state index is 0.327. The Morgan fingerprint density at radius 2 is 1.33 bits per heavy atom. The second kappa shape index (κ2) is 5.53. The standard InChI is InChI=1S/C13H23NO/c15-13(14-12-9-5-6-10-12)11-7-3-1-2-4-8-11/h11-12H,1-10H2,(H,14,15). The van der Waals surface area contributed by atoms with Crippen LogP contribution in [0, 0.1) is 5.92 Å². The highest BCUT2D eigenvalue weighted by atomic mass is 16.1. The van der Waals surface area contributed by atoms with E-state index in [0.717, 1.165) is 12.8 Å². The highest BCUT2D eigenvalue weighted by Gasteiger charge is 2.23. The first-order valence-electron chi connectivity index (χ1n) is 6.66. The SMILES string of the molecule is O=C(NC1CCCC1)C1CCCCCC1. The Morgan fingerprint density at radius 3 is 1.93 bits per heavy atom. The number of carbonyl (C=O) groups is 1. The highest BCUT2D eigenvalue weighted by Crippen LogP contribution is 2.24. The predicted octanol–water partition coefficient (Wildman–Crippen LogP) is 3.02. The van der Waals surface area contributed by atoms with E-state index < -0.39 is 0 Å². The number of carbonyl (C=O) groups excluding carboxylic acids is 1. The summed E-state index contributed by atoms with van der Waals surface area (Å²) in [5, 5.41) is 3.24. The van der Waals surface area contributed by atoms with Gasteiger partial charge in [-0.05, 0) is 25.7 Å². The Kier molecular flexibility index (Phi) is 4.04. The van der Waals surface area contributed by atoms with Crippen molar-refractivity contribution in [1.29, 1.82) is 0 Å². The number of nitrogens with one attached hydrogen (secondary N) is 1. The average molecular weight is 209 g/mol. The van der Waals surface area contributed by atoms with Crippen molar-refractivity contribution in [2.24, 2.45) is 5.92 Å². The molecule has 0 radical (unpaired) electrons. The maximum Gasteiger partial charge on any atom is 0.223 e. The van der Waals surface area contributed by atoms with Crippen LogP contribution in [-0.2, 0) is 4.79 Å². The van der Waals surface area contributed by atoms with E-state index in [1.54, 1.807) is 0 Å². The van der Waals surface area contributed by atoms with Crippen molar-refractivity contribution < 1.29 is 4.79 Å². The van der Waals surface area contributed by atoms with Crippen molar-refractivity contribution in [2.45, 2.75) is 70.3 Å². The summed E-state index contributed by atoms with van der Waals surface area (Å²) in [6.45, 7) is 0. The quantitative estimate of drug-likeness (QED) is 0.696. The van der Waals surface area contributed by atoms with Gasteiger partial charge in [-0.1, -0.05) is 38.5 Å². The van der Waals surface area contributed by atoms with Crippen LogP contribution in [0.15, 0.2) is 0 Å². The molecule has 0 aromatic heterocycles. The molecule has 0 spiro atoms. The first-order valence-corrected chi connectivity index (χ1v) is 6.66. The second-order valence-electron chi connectivity index (χ2n) is 5.18. The van der Waals surface area contributed by atoms with E-state index in [2.05, 4.69) is 5.32 Å². The van der Waals surface area contributed by atoms with Gasteiger partial charge in [-0.25, -0.2) is 0 Å². The van der Waals surface area contributed by atoms with E-state index in [9.17, 15) is 4.79 Å². The van der Waals surface area contributed by atoms with Gasteiger partial charge in [0.1, 0.15) is 0 Å². The summed E-state index contributed by atoms with van der Waals surface area (Å²) in [7, 11) is 0. The van der Waals surface area contributed by atoms with Crippen LogP contribution in [0.4, 0.5) is 0 Å². The summed E-state index contributed by atoms with van der Waals surface area (Å²) >= 11 is 0. The van der Waals surface area contributed by atoms with Gasteiger partial charge in [-0.3, -0.25) is 4.79 Å². The molecule has 2 heteroatoms. The minimum Gasteiger partial charge on any atom is -0.353 e. The Hall–Kier alpha value is -0.530. The number of hydrogen-bond acceptors (Lipinski definition) is 1. The predicted molar refractivity (Wildman–Crippen MR) is 61.6 cm³/mol. The molecule has 2 rings (SSSR count). The van der Waals surface area contributed by atoms with E-state index in [4.69, 9.17) is 0 Å². The lowest BCUT2D eigenvalue weighted by Gasteiger charge is -2.18. The monoisotopic (exact) mass is 209 g/mol. The maximum absolute atomic E-state index is 12.0. The van der Waals surface area contributed by atoms with Crippen LogP contribution in [-0.4, -0.2) is 11.9 Å². The summed E-state index contributed by atoms with van der Waals surface area (Å²) < 4.78 is 0. The molecule has 0 aliphatic heterocycles. The van der Waals surface area contributed by atoms with Crippen molar-refractivity contribution in [2.75, 3.05) is 0 Å². The molecule has 1 N–H and O–H groups in total. The molecular weight excluding hydrogens is 186 g/mol. The molecule has 2 saturated carbocycles. The van der Waals surface area contributed by atoms with Gasteiger partial charge < -0.3 is 5.32 Å². The van der Waals surface area contributed by atoms with Crippen molar-refractivity contribution in [3.8, 4) is 0 Å². The van der Waals surface area contributed by atoms with Crippen LogP contribution in [0.1, 0.15) is 64.2 Å². The average Bonchev–Trinajstić information content (AvgIpc) is 2.58. The Labute approximate surface area is 92.8 Å². The van der Waals surface area contributed by atoms with E-state index in [-0.39, 0.29) is 0 Å². The molecule has 0 aromatic rings. The maximum atomic E-state index is 12.0. The Balaban J connectivity index is 1.77. The van der Waals surface area contributed by atoms with Gasteiger partial charge >= 0.3 is 0 Å². The summed E-state index contributed by atoms with van der Waals surface area (Å²) in [6, 6.07) is 0.501. The lowest BCUT2D eigenvalue weighted by Crippen LogP contribution is -2.37. The molecule has 2 nitrogen and oxygen atoms in total. The van der Waals surface area contributed by atoms with Crippen LogP contribution in [0.3, 0.4) is 0 Å². The molecule has 0 unspecified atom stereocenters. The van der Waals surface area contributed by atoms with E-state index >= 15 is 0 Å². The van der Waals surface area contributed by atoms with Crippen LogP contribution in [0.2, 0.25) is 0 Å². The topological polar surface area (TPSA) is 29.1 Å². The fourth-order valence-electron chi connectivity index (χ4n) is 2.93. The summed E-state index contributed by atoms with van der Waals surface area (Å²) in [5.41, 5.74) is 0. The molecule has 0 aromatic carbocycles. The summed E-state index contributed by atoms with van der Waals surface area (Å²) in [5.74, 6) is 0.678. The van der Waals surface area contributed by atoms with E-state index in [1.807, 2.05) is 0 Å². The van der Waals surface area contributed by atoms with E-state index in [0.29, 0.717) is 17.9 Å². The molecule has 1 amide bonds.